The van der Waals surface area contributed by atoms with Gasteiger partial charge in [-0.25, -0.2) is 4.98 Å². The minimum atomic E-state index is -0.952. The first-order chi connectivity index (χ1) is 9.47. The van der Waals surface area contributed by atoms with Crippen molar-refractivity contribution in [3.63, 3.8) is 0 Å². The summed E-state index contributed by atoms with van der Waals surface area (Å²) in [6.45, 7) is 1.68. The van der Waals surface area contributed by atoms with Crippen LogP contribution in [0.15, 0.2) is 29.1 Å². The van der Waals surface area contributed by atoms with Crippen LogP contribution in [0.4, 0.5) is 0 Å². The topological polar surface area (TPSA) is 103 Å². The van der Waals surface area contributed by atoms with Crippen LogP contribution in [-0.4, -0.2) is 26.2 Å². The Morgan fingerprint density at radius 1 is 1.30 bits per heavy atom. The molecule has 0 saturated heterocycles. The number of benzene rings is 1. The van der Waals surface area contributed by atoms with Crippen molar-refractivity contribution in [2.45, 2.75) is 19.8 Å². The van der Waals surface area contributed by atoms with E-state index in [1.807, 2.05) is 0 Å². The number of nitrogens with zero attached hydrogens (tertiary/aromatic N) is 1. The van der Waals surface area contributed by atoms with E-state index < -0.39 is 5.97 Å². The van der Waals surface area contributed by atoms with Gasteiger partial charge in [0.05, 0.1) is 0 Å². The number of phenols is 1. The summed E-state index contributed by atoms with van der Waals surface area (Å²) in [6, 6.07) is 6.29. The summed E-state index contributed by atoms with van der Waals surface area (Å²) in [5, 5.41) is 17.9. The van der Waals surface area contributed by atoms with E-state index in [0.717, 1.165) is 0 Å². The van der Waals surface area contributed by atoms with Crippen molar-refractivity contribution >= 4 is 5.97 Å². The first-order valence-corrected chi connectivity index (χ1v) is 6.08. The van der Waals surface area contributed by atoms with Gasteiger partial charge in [0.2, 0.25) is 0 Å². The number of phenolic OH excluding ortho intramolecular Hbond substituents is 1. The van der Waals surface area contributed by atoms with Crippen LogP contribution in [0.5, 0.6) is 5.75 Å². The quantitative estimate of drug-likeness (QED) is 0.783. The molecule has 20 heavy (non-hydrogen) atoms. The monoisotopic (exact) mass is 274 g/mol. The number of aromatic hydroxyl groups is 1. The molecule has 0 amide bonds. The Kier molecular flexibility index (Phi) is 3.84. The second-order valence-corrected chi connectivity index (χ2v) is 4.42. The number of hydrogen-bond donors (Lipinski definition) is 3. The molecular formula is C14H14N2O4. The van der Waals surface area contributed by atoms with E-state index in [0.29, 0.717) is 22.6 Å². The van der Waals surface area contributed by atoms with Gasteiger partial charge in [-0.2, -0.15) is 0 Å². The molecule has 0 aliphatic rings. The van der Waals surface area contributed by atoms with Gasteiger partial charge in [-0.15, -0.1) is 0 Å². The first-order valence-electron chi connectivity index (χ1n) is 6.08. The van der Waals surface area contributed by atoms with E-state index in [2.05, 4.69) is 9.97 Å². The molecule has 0 radical (unpaired) electrons. The van der Waals surface area contributed by atoms with Gasteiger partial charge in [0.25, 0.3) is 5.56 Å². The second-order valence-electron chi connectivity index (χ2n) is 4.42. The summed E-state index contributed by atoms with van der Waals surface area (Å²) in [5.74, 6) is -0.427. The molecule has 0 aliphatic heterocycles. The zero-order chi connectivity index (χ0) is 14.7. The standard InChI is InChI=1S/C14H14N2O4/c1-8-11(6-7-12(18)19)14(20)16-13(15-8)9-2-4-10(17)5-3-9/h2-5,17H,6-7H2,1H3,(H,18,19)(H,15,16,20). The lowest BCUT2D eigenvalue weighted by atomic mass is 10.1. The minimum absolute atomic E-state index is 0.107. The number of carboxylic acid groups (broad SMARTS) is 1. The minimum Gasteiger partial charge on any atom is -0.508 e. The van der Waals surface area contributed by atoms with Crippen molar-refractivity contribution in [1.29, 1.82) is 0 Å². The van der Waals surface area contributed by atoms with Crippen LogP contribution < -0.4 is 5.56 Å². The third-order valence-corrected chi connectivity index (χ3v) is 2.95. The zero-order valence-electron chi connectivity index (χ0n) is 10.9. The maximum atomic E-state index is 12.0. The van der Waals surface area contributed by atoms with E-state index in [1.54, 1.807) is 19.1 Å². The number of hydrogen-bond acceptors (Lipinski definition) is 4. The Hall–Kier alpha value is -2.63. The molecule has 6 heteroatoms. The molecule has 2 rings (SSSR count). The van der Waals surface area contributed by atoms with E-state index in [4.69, 9.17) is 5.11 Å². The number of aryl methyl sites for hydroxylation is 1. The van der Waals surface area contributed by atoms with E-state index in [1.165, 1.54) is 12.1 Å². The molecule has 0 aliphatic carbocycles. The van der Waals surface area contributed by atoms with E-state index in [-0.39, 0.29) is 24.2 Å². The van der Waals surface area contributed by atoms with Crippen LogP contribution in [0.1, 0.15) is 17.7 Å². The van der Waals surface area contributed by atoms with Crippen LogP contribution in [0.3, 0.4) is 0 Å². The normalized spacial score (nSPS) is 10.4. The summed E-state index contributed by atoms with van der Waals surface area (Å²) < 4.78 is 0. The smallest absolute Gasteiger partial charge is 0.303 e. The number of nitrogens with one attached hydrogen (secondary N) is 1. The van der Waals surface area contributed by atoms with Crippen LogP contribution >= 0.6 is 0 Å². The van der Waals surface area contributed by atoms with Crippen LogP contribution in [0.25, 0.3) is 11.4 Å². The Labute approximate surface area is 114 Å². The molecular weight excluding hydrogens is 260 g/mol. The molecule has 0 spiro atoms. The van der Waals surface area contributed by atoms with Gasteiger partial charge in [0.15, 0.2) is 0 Å². The lowest BCUT2D eigenvalue weighted by Crippen LogP contribution is -2.18. The van der Waals surface area contributed by atoms with Gasteiger partial charge in [-0.05, 0) is 37.6 Å². The number of aliphatic carboxylic acids is 1. The molecule has 0 bridgehead atoms. The maximum Gasteiger partial charge on any atom is 0.303 e. The predicted molar refractivity (Wildman–Crippen MR) is 72.7 cm³/mol. The molecule has 1 aromatic carbocycles. The largest absolute Gasteiger partial charge is 0.508 e. The summed E-state index contributed by atoms with van der Waals surface area (Å²) in [6.07, 6.45) is 0.0452. The van der Waals surface area contributed by atoms with E-state index >= 15 is 0 Å². The molecule has 2 aromatic rings. The average molecular weight is 274 g/mol. The highest BCUT2D eigenvalue weighted by molar-refractivity contribution is 5.67. The third kappa shape index (κ3) is 3.03. The van der Waals surface area contributed by atoms with Crippen molar-refractivity contribution in [3.8, 4) is 17.1 Å². The fraction of sp³-hybridized carbons (Fsp3) is 0.214. The summed E-state index contributed by atoms with van der Waals surface area (Å²) >= 11 is 0. The SMILES string of the molecule is Cc1nc(-c2ccc(O)cc2)[nH]c(=O)c1CCC(=O)O. The number of aromatic nitrogens is 2. The second kappa shape index (κ2) is 5.56. The van der Waals surface area contributed by atoms with Crippen LogP contribution in [0.2, 0.25) is 0 Å². The molecule has 3 N–H and O–H groups in total. The van der Waals surface area contributed by atoms with Gasteiger partial charge >= 0.3 is 5.97 Å². The first kappa shape index (κ1) is 13.8. The Balaban J connectivity index is 2.37. The van der Waals surface area contributed by atoms with Crippen LogP contribution in [-0.2, 0) is 11.2 Å². The molecule has 0 fully saturated rings. The highest BCUT2D eigenvalue weighted by Gasteiger charge is 2.11. The van der Waals surface area contributed by atoms with Gasteiger partial charge < -0.3 is 15.2 Å². The number of carboxylic acids is 1. The zero-order valence-corrected chi connectivity index (χ0v) is 10.9. The van der Waals surface area contributed by atoms with Gasteiger partial charge in [0, 0.05) is 23.2 Å². The molecule has 0 atom stereocenters. The lowest BCUT2D eigenvalue weighted by molar-refractivity contribution is -0.136. The highest BCUT2D eigenvalue weighted by atomic mass is 16.4. The Bertz CT molecular complexity index is 689. The molecule has 6 nitrogen and oxygen atoms in total. The predicted octanol–water partition coefficient (Wildman–Crippen LogP) is 1.47. The van der Waals surface area contributed by atoms with Crippen molar-refractivity contribution < 1.29 is 15.0 Å². The third-order valence-electron chi connectivity index (χ3n) is 2.95. The molecule has 104 valence electrons. The van der Waals surface area contributed by atoms with Crippen molar-refractivity contribution in [3.05, 3.63) is 45.9 Å². The average Bonchev–Trinajstić information content (AvgIpc) is 2.38. The fourth-order valence-corrected chi connectivity index (χ4v) is 1.89. The Morgan fingerprint density at radius 2 is 1.95 bits per heavy atom. The Morgan fingerprint density at radius 3 is 2.50 bits per heavy atom. The fourth-order valence-electron chi connectivity index (χ4n) is 1.89. The van der Waals surface area contributed by atoms with Gasteiger partial charge in [0.1, 0.15) is 11.6 Å². The van der Waals surface area contributed by atoms with Gasteiger partial charge in [-0.3, -0.25) is 9.59 Å². The molecule has 1 aromatic heterocycles. The highest BCUT2D eigenvalue weighted by Crippen LogP contribution is 2.18. The molecule has 0 unspecified atom stereocenters. The number of aromatic amines is 1. The summed E-state index contributed by atoms with van der Waals surface area (Å²) in [5.41, 5.74) is 1.24. The van der Waals surface area contributed by atoms with Gasteiger partial charge in [-0.1, -0.05) is 0 Å². The van der Waals surface area contributed by atoms with Crippen molar-refractivity contribution in [2.24, 2.45) is 0 Å². The van der Waals surface area contributed by atoms with E-state index in [9.17, 15) is 14.7 Å². The molecule has 1 heterocycles. The van der Waals surface area contributed by atoms with Crippen molar-refractivity contribution in [2.75, 3.05) is 0 Å². The molecule has 0 saturated carbocycles. The summed E-state index contributed by atoms with van der Waals surface area (Å²) in [7, 11) is 0. The van der Waals surface area contributed by atoms with Crippen molar-refractivity contribution in [1.82, 2.24) is 9.97 Å². The lowest BCUT2D eigenvalue weighted by Gasteiger charge is -2.06. The number of rotatable bonds is 4. The number of carbonyl (C=O) groups is 1. The number of H-pyrrole nitrogens is 1. The van der Waals surface area contributed by atoms with Crippen LogP contribution in [0, 0.1) is 6.92 Å². The maximum absolute atomic E-state index is 12.0. The summed E-state index contributed by atoms with van der Waals surface area (Å²) in [4.78, 5) is 29.5.